The highest BCUT2D eigenvalue weighted by Gasteiger charge is 2.21. The predicted molar refractivity (Wildman–Crippen MR) is 64.0 cm³/mol. The van der Waals surface area contributed by atoms with Crippen LogP contribution in [0, 0.1) is 5.92 Å². The van der Waals surface area contributed by atoms with Crippen LogP contribution in [0.5, 0.6) is 0 Å². The lowest BCUT2D eigenvalue weighted by Gasteiger charge is -2.33. The van der Waals surface area contributed by atoms with Crippen LogP contribution in [0.15, 0.2) is 0 Å². The number of aliphatic hydroxyl groups is 1. The minimum absolute atomic E-state index is 0.179. The van der Waals surface area contributed by atoms with E-state index in [1.54, 1.807) is 0 Å². The number of piperidine rings is 1. The molecule has 3 heteroatoms. The first kappa shape index (κ1) is 12.9. The van der Waals surface area contributed by atoms with Crippen molar-refractivity contribution < 1.29 is 5.11 Å². The van der Waals surface area contributed by atoms with E-state index in [2.05, 4.69) is 24.2 Å². The first-order valence-corrected chi connectivity index (χ1v) is 6.19. The van der Waals surface area contributed by atoms with Crippen molar-refractivity contribution in [3.8, 4) is 0 Å². The largest absolute Gasteiger partial charge is 0.393 e. The van der Waals surface area contributed by atoms with Crippen LogP contribution < -0.4 is 5.32 Å². The second-order valence-electron chi connectivity index (χ2n) is 5.02. The Morgan fingerprint density at radius 3 is 2.47 bits per heavy atom. The van der Waals surface area contributed by atoms with Gasteiger partial charge in [0.2, 0.25) is 0 Å². The van der Waals surface area contributed by atoms with Crippen LogP contribution in [-0.4, -0.2) is 48.8 Å². The zero-order valence-electron chi connectivity index (χ0n) is 10.4. The van der Waals surface area contributed by atoms with Crippen LogP contribution in [0.3, 0.4) is 0 Å². The number of aliphatic hydroxyl groups excluding tert-OH is 1. The fourth-order valence-electron chi connectivity index (χ4n) is 2.22. The number of nitrogens with zero attached hydrogens (tertiary/aromatic N) is 1. The third-order valence-corrected chi connectivity index (χ3v) is 3.50. The van der Waals surface area contributed by atoms with E-state index in [-0.39, 0.29) is 6.10 Å². The van der Waals surface area contributed by atoms with Crippen molar-refractivity contribution in [2.75, 3.05) is 26.7 Å². The van der Waals surface area contributed by atoms with E-state index in [0.29, 0.717) is 6.04 Å². The molecule has 3 nitrogen and oxygen atoms in total. The van der Waals surface area contributed by atoms with Crippen molar-refractivity contribution in [1.29, 1.82) is 0 Å². The lowest BCUT2D eigenvalue weighted by atomic mass is 9.90. The first-order chi connectivity index (χ1) is 7.09. The second kappa shape index (κ2) is 6.46. The van der Waals surface area contributed by atoms with Crippen LogP contribution in [-0.2, 0) is 0 Å². The van der Waals surface area contributed by atoms with Crippen molar-refractivity contribution in [3.05, 3.63) is 0 Å². The quantitative estimate of drug-likeness (QED) is 0.719. The van der Waals surface area contributed by atoms with E-state index in [4.69, 9.17) is 5.11 Å². The number of likely N-dealkylation sites (tertiary alicyclic amines) is 1. The van der Waals surface area contributed by atoms with E-state index in [1.807, 2.05) is 6.92 Å². The molecule has 15 heavy (non-hydrogen) atoms. The van der Waals surface area contributed by atoms with E-state index >= 15 is 0 Å². The SMILES string of the molecule is CC(O)CCNC(C)C1CCN(C)CC1. The molecule has 2 N–H and O–H groups in total. The molecule has 0 aromatic rings. The highest BCUT2D eigenvalue weighted by atomic mass is 16.3. The number of hydrogen-bond acceptors (Lipinski definition) is 3. The second-order valence-corrected chi connectivity index (χ2v) is 5.02. The molecule has 0 aromatic carbocycles. The van der Waals surface area contributed by atoms with Gasteiger partial charge in [0, 0.05) is 6.04 Å². The maximum absolute atomic E-state index is 9.16. The van der Waals surface area contributed by atoms with Crippen molar-refractivity contribution in [3.63, 3.8) is 0 Å². The van der Waals surface area contributed by atoms with Gasteiger partial charge in [-0.05, 0) is 65.7 Å². The van der Waals surface area contributed by atoms with Crippen molar-refractivity contribution in [2.45, 2.75) is 45.3 Å². The first-order valence-electron chi connectivity index (χ1n) is 6.19. The average Bonchev–Trinajstić information content (AvgIpc) is 2.18. The Morgan fingerprint density at radius 1 is 1.33 bits per heavy atom. The Balaban J connectivity index is 2.13. The molecule has 0 aromatic heterocycles. The molecule has 1 fully saturated rings. The number of rotatable bonds is 5. The average molecular weight is 214 g/mol. The summed E-state index contributed by atoms with van der Waals surface area (Å²) in [4.78, 5) is 2.40. The number of hydrogen-bond donors (Lipinski definition) is 2. The summed E-state index contributed by atoms with van der Waals surface area (Å²) in [6.07, 6.45) is 3.29. The molecule has 0 spiro atoms. The summed E-state index contributed by atoms with van der Waals surface area (Å²) in [7, 11) is 2.20. The van der Waals surface area contributed by atoms with Gasteiger partial charge >= 0.3 is 0 Å². The van der Waals surface area contributed by atoms with E-state index < -0.39 is 0 Å². The summed E-state index contributed by atoms with van der Waals surface area (Å²) in [5, 5.41) is 12.7. The minimum Gasteiger partial charge on any atom is -0.393 e. The van der Waals surface area contributed by atoms with Crippen molar-refractivity contribution in [1.82, 2.24) is 10.2 Å². The minimum atomic E-state index is -0.179. The summed E-state index contributed by atoms with van der Waals surface area (Å²) < 4.78 is 0. The summed E-state index contributed by atoms with van der Waals surface area (Å²) in [5.41, 5.74) is 0. The molecule has 90 valence electrons. The third kappa shape index (κ3) is 4.96. The molecule has 0 saturated carbocycles. The number of nitrogens with one attached hydrogen (secondary N) is 1. The molecule has 2 atom stereocenters. The Labute approximate surface area is 93.9 Å². The molecule has 0 amide bonds. The fraction of sp³-hybridized carbons (Fsp3) is 1.00. The molecular formula is C12H26N2O. The molecule has 1 heterocycles. The lowest BCUT2D eigenvalue weighted by molar-refractivity contribution is 0.169. The van der Waals surface area contributed by atoms with Gasteiger partial charge in [0.15, 0.2) is 0 Å². The summed E-state index contributed by atoms with van der Waals surface area (Å²) in [5.74, 6) is 0.815. The van der Waals surface area contributed by atoms with Gasteiger partial charge in [-0.25, -0.2) is 0 Å². The Morgan fingerprint density at radius 2 is 1.93 bits per heavy atom. The monoisotopic (exact) mass is 214 g/mol. The van der Waals surface area contributed by atoms with Crippen molar-refractivity contribution >= 4 is 0 Å². The zero-order chi connectivity index (χ0) is 11.3. The van der Waals surface area contributed by atoms with Gasteiger partial charge in [-0.1, -0.05) is 0 Å². The smallest absolute Gasteiger partial charge is 0.0524 e. The van der Waals surface area contributed by atoms with Crippen LogP contribution in [0.2, 0.25) is 0 Å². The van der Waals surface area contributed by atoms with Crippen LogP contribution in [0.1, 0.15) is 33.1 Å². The van der Waals surface area contributed by atoms with Crippen LogP contribution in [0.25, 0.3) is 0 Å². The predicted octanol–water partition coefficient (Wildman–Crippen LogP) is 1.08. The van der Waals surface area contributed by atoms with Crippen LogP contribution >= 0.6 is 0 Å². The fourth-order valence-corrected chi connectivity index (χ4v) is 2.22. The Bertz CT molecular complexity index is 165. The zero-order valence-corrected chi connectivity index (χ0v) is 10.4. The Kier molecular flexibility index (Phi) is 5.58. The van der Waals surface area contributed by atoms with E-state index in [0.717, 1.165) is 18.9 Å². The van der Waals surface area contributed by atoms with Crippen LogP contribution in [0.4, 0.5) is 0 Å². The topological polar surface area (TPSA) is 35.5 Å². The molecule has 1 saturated heterocycles. The van der Waals surface area contributed by atoms with Gasteiger partial charge in [0.25, 0.3) is 0 Å². The molecule has 1 rings (SSSR count). The summed E-state index contributed by atoms with van der Waals surface area (Å²) in [6, 6.07) is 0.595. The highest BCUT2D eigenvalue weighted by Crippen LogP contribution is 2.19. The third-order valence-electron chi connectivity index (χ3n) is 3.50. The van der Waals surface area contributed by atoms with E-state index in [1.165, 1.54) is 25.9 Å². The Hall–Kier alpha value is -0.120. The van der Waals surface area contributed by atoms with Gasteiger partial charge in [-0.15, -0.1) is 0 Å². The molecule has 0 radical (unpaired) electrons. The van der Waals surface area contributed by atoms with Gasteiger partial charge in [0.1, 0.15) is 0 Å². The normalized spacial score (nSPS) is 24.0. The maximum atomic E-state index is 9.16. The molecule has 0 bridgehead atoms. The maximum Gasteiger partial charge on any atom is 0.0524 e. The summed E-state index contributed by atoms with van der Waals surface area (Å²) in [6.45, 7) is 7.52. The summed E-state index contributed by atoms with van der Waals surface area (Å²) >= 11 is 0. The van der Waals surface area contributed by atoms with E-state index in [9.17, 15) is 0 Å². The molecule has 1 aliphatic heterocycles. The molecule has 1 aliphatic rings. The van der Waals surface area contributed by atoms with Crippen molar-refractivity contribution in [2.24, 2.45) is 5.92 Å². The molecule has 0 aliphatic carbocycles. The van der Waals surface area contributed by atoms with Gasteiger partial charge < -0.3 is 15.3 Å². The van der Waals surface area contributed by atoms with Gasteiger partial charge in [-0.3, -0.25) is 0 Å². The molecular weight excluding hydrogens is 188 g/mol. The van der Waals surface area contributed by atoms with Gasteiger partial charge in [0.05, 0.1) is 6.10 Å². The molecule has 2 unspecified atom stereocenters. The lowest BCUT2D eigenvalue weighted by Crippen LogP contribution is -2.41. The standard InChI is InChI=1S/C12H26N2O/c1-10(15)4-7-13-11(2)12-5-8-14(3)9-6-12/h10-13,15H,4-9H2,1-3H3. The van der Waals surface area contributed by atoms with Gasteiger partial charge in [-0.2, -0.15) is 0 Å². The highest BCUT2D eigenvalue weighted by molar-refractivity contribution is 4.78.